The van der Waals surface area contributed by atoms with Crippen LogP contribution in [-0.4, -0.2) is 86.1 Å². The van der Waals surface area contributed by atoms with E-state index in [1.54, 1.807) is 18.6 Å². The van der Waals surface area contributed by atoms with Gasteiger partial charge in [0.15, 0.2) is 0 Å². The molecule has 43 heavy (non-hydrogen) atoms. The quantitative estimate of drug-likeness (QED) is 0.279. The molecule has 1 atom stereocenters. The lowest BCUT2D eigenvalue weighted by Gasteiger charge is -2.37. The second-order valence-electron chi connectivity index (χ2n) is 11.6. The summed E-state index contributed by atoms with van der Waals surface area (Å²) in [6.45, 7) is 5.75. The van der Waals surface area contributed by atoms with Crippen LogP contribution in [0.25, 0.3) is 16.8 Å². The molecule has 0 bridgehead atoms. The van der Waals surface area contributed by atoms with Crippen molar-refractivity contribution in [1.29, 1.82) is 0 Å². The molecule has 2 saturated heterocycles. The second kappa shape index (κ2) is 12.9. The summed E-state index contributed by atoms with van der Waals surface area (Å²) in [6.07, 6.45) is 7.00. The molecule has 0 aliphatic carbocycles. The van der Waals surface area contributed by atoms with Crippen molar-refractivity contribution in [3.8, 4) is 16.8 Å². The fraction of sp³-hybridized carbons (Fsp3) is 0.333. The summed E-state index contributed by atoms with van der Waals surface area (Å²) in [4.78, 5) is 38.9. The van der Waals surface area contributed by atoms with Gasteiger partial charge in [0.1, 0.15) is 5.69 Å². The monoisotopic (exact) mass is 579 g/mol. The van der Waals surface area contributed by atoms with Crippen molar-refractivity contribution in [2.24, 2.45) is 0 Å². The zero-order valence-electron chi connectivity index (χ0n) is 24.3. The molecule has 10 nitrogen and oxygen atoms in total. The van der Waals surface area contributed by atoms with Gasteiger partial charge in [0.2, 0.25) is 5.91 Å². The van der Waals surface area contributed by atoms with E-state index in [9.17, 15) is 14.7 Å². The van der Waals surface area contributed by atoms with Gasteiger partial charge in [0.25, 0.3) is 5.91 Å². The SMILES string of the molecule is Cc1cn(-c2cc(CN3CCCC(NC(=O)CN4CC(O)C4)C3)cc(NC(=O)c3cc(-c4ccccc4)ccn3)c2)cn1. The van der Waals surface area contributed by atoms with E-state index in [4.69, 9.17) is 0 Å². The average Bonchev–Trinajstić information content (AvgIpc) is 3.43. The normalized spacial score (nSPS) is 17.8. The van der Waals surface area contributed by atoms with Gasteiger partial charge in [0.05, 0.1) is 24.7 Å². The van der Waals surface area contributed by atoms with Gasteiger partial charge in [-0.1, -0.05) is 30.3 Å². The van der Waals surface area contributed by atoms with Gasteiger partial charge >= 0.3 is 0 Å². The van der Waals surface area contributed by atoms with Crippen molar-refractivity contribution in [2.75, 3.05) is 38.0 Å². The highest BCUT2D eigenvalue weighted by Gasteiger charge is 2.28. The summed E-state index contributed by atoms with van der Waals surface area (Å²) in [5.74, 6) is -0.274. The van der Waals surface area contributed by atoms with Crippen LogP contribution >= 0.6 is 0 Å². The Morgan fingerprint density at radius 3 is 2.58 bits per heavy atom. The molecule has 0 spiro atoms. The second-order valence-corrected chi connectivity index (χ2v) is 11.6. The number of piperidine rings is 1. The maximum atomic E-state index is 13.4. The first-order valence-corrected chi connectivity index (χ1v) is 14.8. The van der Waals surface area contributed by atoms with Crippen LogP contribution in [0.3, 0.4) is 0 Å². The van der Waals surface area contributed by atoms with Gasteiger partial charge in [-0.25, -0.2) is 4.98 Å². The number of carbonyl (C=O) groups is 2. The van der Waals surface area contributed by atoms with Gasteiger partial charge in [-0.3, -0.25) is 24.4 Å². The Morgan fingerprint density at radius 2 is 1.81 bits per heavy atom. The molecular weight excluding hydrogens is 542 g/mol. The van der Waals surface area contributed by atoms with Gasteiger partial charge in [-0.15, -0.1) is 0 Å². The Balaban J connectivity index is 1.17. The number of imidazole rings is 1. The largest absolute Gasteiger partial charge is 0.390 e. The highest BCUT2D eigenvalue weighted by atomic mass is 16.3. The molecule has 2 aromatic carbocycles. The van der Waals surface area contributed by atoms with Crippen LogP contribution < -0.4 is 10.6 Å². The third-order valence-corrected chi connectivity index (χ3v) is 7.93. The molecule has 222 valence electrons. The van der Waals surface area contributed by atoms with E-state index in [2.05, 4.69) is 31.6 Å². The summed E-state index contributed by atoms with van der Waals surface area (Å²) in [6, 6.07) is 19.8. The minimum Gasteiger partial charge on any atom is -0.390 e. The number of anilines is 1. The number of β-amino-alcohol motifs (C(OH)–C–C–N with tert-alkyl or cyclic N) is 1. The number of aliphatic hydroxyl groups is 1. The van der Waals surface area contributed by atoms with Gasteiger partial charge in [-0.05, 0) is 73.3 Å². The first-order valence-electron chi connectivity index (χ1n) is 14.8. The molecule has 2 aliphatic rings. The number of nitrogens with zero attached hydrogens (tertiary/aromatic N) is 5. The van der Waals surface area contributed by atoms with Gasteiger partial charge in [-0.2, -0.15) is 0 Å². The number of aryl methyl sites for hydroxylation is 1. The zero-order chi connectivity index (χ0) is 29.8. The Labute approximate surface area is 251 Å². The first kappa shape index (κ1) is 28.7. The predicted octanol–water partition coefficient (Wildman–Crippen LogP) is 3.25. The van der Waals surface area contributed by atoms with E-state index in [-0.39, 0.29) is 24.0 Å². The smallest absolute Gasteiger partial charge is 0.274 e. The highest BCUT2D eigenvalue weighted by Crippen LogP contribution is 2.24. The molecule has 2 amide bonds. The third-order valence-electron chi connectivity index (χ3n) is 7.93. The van der Waals surface area contributed by atoms with Gasteiger partial charge in [0, 0.05) is 56.0 Å². The van der Waals surface area contributed by atoms with Crippen molar-refractivity contribution in [1.82, 2.24) is 29.7 Å². The summed E-state index contributed by atoms with van der Waals surface area (Å²) < 4.78 is 1.95. The Kier molecular flexibility index (Phi) is 8.59. The number of aromatic nitrogens is 3. The molecule has 4 heterocycles. The number of rotatable bonds is 9. The van der Waals surface area contributed by atoms with E-state index < -0.39 is 0 Å². The number of hydrogen-bond acceptors (Lipinski definition) is 7. The van der Waals surface area contributed by atoms with Crippen LogP contribution in [0.2, 0.25) is 0 Å². The number of nitrogens with one attached hydrogen (secondary N) is 2. The summed E-state index contributed by atoms with van der Waals surface area (Å²) in [5, 5.41) is 15.7. The highest BCUT2D eigenvalue weighted by molar-refractivity contribution is 6.03. The third kappa shape index (κ3) is 7.34. The number of amides is 2. The van der Waals surface area contributed by atoms with Crippen molar-refractivity contribution in [3.63, 3.8) is 0 Å². The van der Waals surface area contributed by atoms with E-state index in [0.29, 0.717) is 37.6 Å². The number of aliphatic hydroxyl groups excluding tert-OH is 1. The lowest BCUT2D eigenvalue weighted by Crippen LogP contribution is -2.56. The van der Waals surface area contributed by atoms with Crippen LogP contribution in [0.15, 0.2) is 79.4 Å². The maximum absolute atomic E-state index is 13.4. The molecule has 0 saturated carbocycles. The Morgan fingerprint density at radius 1 is 0.977 bits per heavy atom. The summed E-state index contributed by atoms with van der Waals surface area (Å²) in [7, 11) is 0. The fourth-order valence-electron chi connectivity index (χ4n) is 5.83. The van der Waals surface area contributed by atoms with E-state index in [1.807, 2.05) is 71.1 Å². The molecule has 2 aromatic heterocycles. The molecule has 0 radical (unpaired) electrons. The molecule has 10 heteroatoms. The average molecular weight is 580 g/mol. The van der Waals surface area contributed by atoms with Crippen LogP contribution in [0.1, 0.15) is 34.6 Å². The number of hydrogen-bond donors (Lipinski definition) is 3. The lowest BCUT2D eigenvalue weighted by molar-refractivity contribution is -0.126. The fourth-order valence-corrected chi connectivity index (χ4v) is 5.83. The molecule has 4 aromatic rings. The predicted molar refractivity (Wildman–Crippen MR) is 165 cm³/mol. The Hall–Kier alpha value is -4.38. The van der Waals surface area contributed by atoms with Crippen LogP contribution in [0.4, 0.5) is 5.69 Å². The molecule has 2 aliphatic heterocycles. The molecule has 6 rings (SSSR count). The first-order chi connectivity index (χ1) is 20.9. The number of benzene rings is 2. The molecule has 3 N–H and O–H groups in total. The summed E-state index contributed by atoms with van der Waals surface area (Å²) >= 11 is 0. The topological polar surface area (TPSA) is 116 Å². The van der Waals surface area contributed by atoms with Crippen LogP contribution in [0.5, 0.6) is 0 Å². The standard InChI is InChI=1S/C33H37N7O3/c1-23-16-40(22-35-23)29-13-24(17-38-11-5-8-27(18-38)36-32(42)21-39-19-30(41)20-39)12-28(15-29)37-33(43)31-14-26(9-10-34-31)25-6-3-2-4-7-25/h2-4,6-7,9-10,12-16,22,27,30,41H,5,8,11,17-21H2,1H3,(H,36,42)(H,37,43). The van der Waals surface area contributed by atoms with Crippen molar-refractivity contribution < 1.29 is 14.7 Å². The van der Waals surface area contributed by atoms with Gasteiger partial charge < -0.3 is 20.3 Å². The minimum atomic E-state index is -0.314. The Bertz CT molecular complexity index is 1580. The molecule has 2 fully saturated rings. The van der Waals surface area contributed by atoms with Crippen molar-refractivity contribution in [3.05, 3.63) is 96.3 Å². The molecular formula is C33H37N7O3. The number of pyridine rings is 1. The summed E-state index contributed by atoms with van der Waals surface area (Å²) in [5.41, 5.74) is 5.82. The lowest BCUT2D eigenvalue weighted by atomic mass is 10.0. The van der Waals surface area contributed by atoms with Crippen molar-refractivity contribution in [2.45, 2.75) is 38.5 Å². The van der Waals surface area contributed by atoms with Crippen LogP contribution in [-0.2, 0) is 11.3 Å². The van der Waals surface area contributed by atoms with Crippen LogP contribution in [0, 0.1) is 6.92 Å². The maximum Gasteiger partial charge on any atom is 0.274 e. The van der Waals surface area contributed by atoms with E-state index in [0.717, 1.165) is 54.0 Å². The number of carbonyl (C=O) groups excluding carboxylic acids is 2. The van der Waals surface area contributed by atoms with E-state index >= 15 is 0 Å². The minimum absolute atomic E-state index is 0.00571. The van der Waals surface area contributed by atoms with Crippen molar-refractivity contribution >= 4 is 17.5 Å². The molecule has 1 unspecified atom stereocenters. The van der Waals surface area contributed by atoms with E-state index in [1.165, 1.54) is 0 Å². The number of likely N-dealkylation sites (tertiary alicyclic amines) is 2. The zero-order valence-corrected chi connectivity index (χ0v) is 24.3.